The molecule has 2 aromatic rings. The summed E-state index contributed by atoms with van der Waals surface area (Å²) >= 11 is 0. The van der Waals surface area contributed by atoms with E-state index in [0.717, 1.165) is 49.0 Å². The highest BCUT2D eigenvalue weighted by Crippen LogP contribution is 2.26. The van der Waals surface area contributed by atoms with Gasteiger partial charge in [0.2, 0.25) is 0 Å². The van der Waals surface area contributed by atoms with Crippen LogP contribution in [0.5, 0.6) is 5.75 Å². The van der Waals surface area contributed by atoms with Gasteiger partial charge in [-0.15, -0.1) is 0 Å². The molecule has 0 saturated carbocycles. The van der Waals surface area contributed by atoms with Crippen molar-refractivity contribution in [3.63, 3.8) is 0 Å². The molecule has 1 fully saturated rings. The largest absolute Gasteiger partial charge is 0.508 e. The van der Waals surface area contributed by atoms with Gasteiger partial charge in [-0.2, -0.15) is 0 Å². The summed E-state index contributed by atoms with van der Waals surface area (Å²) in [5.41, 5.74) is 1.86. The van der Waals surface area contributed by atoms with Crippen molar-refractivity contribution in [2.45, 2.75) is 25.5 Å². The number of aliphatic hydroxyl groups is 1. The van der Waals surface area contributed by atoms with Gasteiger partial charge in [0.1, 0.15) is 11.3 Å². The Morgan fingerprint density at radius 2 is 2.06 bits per heavy atom. The second-order valence-electron chi connectivity index (χ2n) is 4.95. The summed E-state index contributed by atoms with van der Waals surface area (Å²) in [4.78, 5) is 2.32. The molecular formula is C14H17NO3. The van der Waals surface area contributed by atoms with Gasteiger partial charge in [-0.3, -0.25) is 4.90 Å². The molecule has 0 atom stereocenters. The zero-order valence-corrected chi connectivity index (χ0v) is 10.2. The maximum atomic E-state index is 9.48. The summed E-state index contributed by atoms with van der Waals surface area (Å²) in [7, 11) is 0. The molecule has 0 radical (unpaired) electrons. The summed E-state index contributed by atoms with van der Waals surface area (Å²) in [5, 5.41) is 19.9. The van der Waals surface area contributed by atoms with Gasteiger partial charge in [0.25, 0.3) is 0 Å². The van der Waals surface area contributed by atoms with E-state index < -0.39 is 0 Å². The number of aromatic hydroxyl groups is 1. The fourth-order valence-electron chi connectivity index (χ4n) is 2.51. The third kappa shape index (κ3) is 2.21. The fourth-order valence-corrected chi connectivity index (χ4v) is 2.51. The monoisotopic (exact) mass is 247 g/mol. The van der Waals surface area contributed by atoms with Gasteiger partial charge < -0.3 is 14.6 Å². The molecule has 0 spiro atoms. The molecule has 2 heterocycles. The van der Waals surface area contributed by atoms with Gasteiger partial charge in [-0.25, -0.2) is 0 Å². The third-order valence-corrected chi connectivity index (χ3v) is 3.59. The quantitative estimate of drug-likeness (QED) is 0.853. The molecule has 0 amide bonds. The van der Waals surface area contributed by atoms with E-state index in [4.69, 9.17) is 4.42 Å². The molecule has 4 nitrogen and oxygen atoms in total. The predicted molar refractivity (Wildman–Crippen MR) is 68.4 cm³/mol. The summed E-state index contributed by atoms with van der Waals surface area (Å²) in [5.74, 6) is 0.226. The van der Waals surface area contributed by atoms with Gasteiger partial charge in [0.05, 0.1) is 12.4 Å². The normalized spacial score (nSPS) is 18.5. The van der Waals surface area contributed by atoms with E-state index in [1.54, 1.807) is 18.4 Å². The van der Waals surface area contributed by atoms with Crippen LogP contribution >= 0.6 is 0 Å². The number of benzene rings is 1. The SMILES string of the molecule is Oc1ccc2c(CN3CCC(O)CC3)coc2c1. The lowest BCUT2D eigenvalue weighted by atomic mass is 10.1. The average molecular weight is 247 g/mol. The molecule has 0 aliphatic carbocycles. The smallest absolute Gasteiger partial charge is 0.137 e. The first kappa shape index (κ1) is 11.6. The van der Waals surface area contributed by atoms with Crippen LogP contribution in [-0.2, 0) is 6.54 Å². The second kappa shape index (κ2) is 4.63. The number of hydrogen-bond acceptors (Lipinski definition) is 4. The first-order chi connectivity index (χ1) is 8.72. The van der Waals surface area contributed by atoms with E-state index >= 15 is 0 Å². The first-order valence-electron chi connectivity index (χ1n) is 6.32. The molecule has 1 aromatic carbocycles. The number of hydrogen-bond donors (Lipinski definition) is 2. The molecule has 3 rings (SSSR count). The van der Waals surface area contributed by atoms with Gasteiger partial charge >= 0.3 is 0 Å². The lowest BCUT2D eigenvalue weighted by molar-refractivity contribution is 0.0793. The van der Waals surface area contributed by atoms with E-state index in [-0.39, 0.29) is 11.9 Å². The molecule has 18 heavy (non-hydrogen) atoms. The average Bonchev–Trinajstić information content (AvgIpc) is 2.74. The molecule has 1 aliphatic heterocycles. The number of fused-ring (bicyclic) bond motifs is 1. The number of nitrogens with zero attached hydrogens (tertiary/aromatic N) is 1. The Balaban J connectivity index is 1.78. The maximum absolute atomic E-state index is 9.48. The van der Waals surface area contributed by atoms with Crippen LogP contribution in [0.3, 0.4) is 0 Å². The summed E-state index contributed by atoms with van der Waals surface area (Å²) in [6.45, 7) is 2.68. The zero-order chi connectivity index (χ0) is 12.5. The maximum Gasteiger partial charge on any atom is 0.137 e. The minimum Gasteiger partial charge on any atom is -0.508 e. The Labute approximate surface area is 105 Å². The second-order valence-corrected chi connectivity index (χ2v) is 4.95. The molecule has 1 aliphatic rings. The lowest BCUT2D eigenvalue weighted by Gasteiger charge is -2.29. The Kier molecular flexibility index (Phi) is 2.97. The molecule has 4 heteroatoms. The van der Waals surface area contributed by atoms with Crippen molar-refractivity contribution >= 4 is 11.0 Å². The highest BCUT2D eigenvalue weighted by atomic mass is 16.3. The number of rotatable bonds is 2. The van der Waals surface area contributed by atoms with Gasteiger partial charge in [-0.1, -0.05) is 0 Å². The van der Waals surface area contributed by atoms with E-state index in [9.17, 15) is 10.2 Å². The third-order valence-electron chi connectivity index (χ3n) is 3.59. The van der Waals surface area contributed by atoms with Crippen LogP contribution in [0.4, 0.5) is 0 Å². The number of phenols is 1. The summed E-state index contributed by atoms with van der Waals surface area (Å²) in [6, 6.07) is 5.21. The van der Waals surface area contributed by atoms with Crippen molar-refractivity contribution in [1.82, 2.24) is 4.90 Å². The van der Waals surface area contributed by atoms with Crippen molar-refractivity contribution < 1.29 is 14.6 Å². The number of phenolic OH excluding ortho intramolecular Hbond substituents is 1. The Morgan fingerprint density at radius 3 is 2.83 bits per heavy atom. The number of furan rings is 1. The first-order valence-corrected chi connectivity index (χ1v) is 6.32. The van der Waals surface area contributed by atoms with Crippen LogP contribution in [0.25, 0.3) is 11.0 Å². The molecule has 0 bridgehead atoms. The molecule has 2 N–H and O–H groups in total. The minimum absolute atomic E-state index is 0.140. The van der Waals surface area contributed by atoms with Crippen LogP contribution in [0.1, 0.15) is 18.4 Å². The van der Waals surface area contributed by atoms with Crippen molar-refractivity contribution in [2.75, 3.05) is 13.1 Å². The summed E-state index contributed by atoms with van der Waals surface area (Å²) < 4.78 is 5.46. The number of aliphatic hydroxyl groups excluding tert-OH is 1. The lowest BCUT2D eigenvalue weighted by Crippen LogP contribution is -2.35. The highest BCUT2D eigenvalue weighted by Gasteiger charge is 2.18. The zero-order valence-electron chi connectivity index (χ0n) is 10.2. The van der Waals surface area contributed by atoms with Gasteiger partial charge in [0.15, 0.2) is 0 Å². The number of likely N-dealkylation sites (tertiary alicyclic amines) is 1. The van der Waals surface area contributed by atoms with Crippen LogP contribution in [0.2, 0.25) is 0 Å². The molecule has 0 unspecified atom stereocenters. The van der Waals surface area contributed by atoms with Crippen molar-refractivity contribution in [1.29, 1.82) is 0 Å². The standard InChI is InChI=1S/C14H17NO3/c16-11-3-5-15(6-4-11)8-10-9-18-14-7-12(17)1-2-13(10)14/h1-2,7,9,11,16-17H,3-6,8H2. The van der Waals surface area contributed by atoms with Crippen molar-refractivity contribution in [3.05, 3.63) is 30.0 Å². The Bertz CT molecular complexity index is 541. The van der Waals surface area contributed by atoms with Gasteiger partial charge in [0, 0.05) is 36.7 Å². The van der Waals surface area contributed by atoms with Crippen LogP contribution in [0, 0.1) is 0 Å². The van der Waals surface area contributed by atoms with Crippen LogP contribution < -0.4 is 0 Å². The van der Waals surface area contributed by atoms with Crippen LogP contribution in [-0.4, -0.2) is 34.3 Å². The Hall–Kier alpha value is -1.52. The van der Waals surface area contributed by atoms with E-state index in [1.165, 1.54) is 0 Å². The topological polar surface area (TPSA) is 56.8 Å². The van der Waals surface area contributed by atoms with Crippen molar-refractivity contribution in [3.8, 4) is 5.75 Å². The van der Waals surface area contributed by atoms with E-state index in [1.807, 2.05) is 6.07 Å². The van der Waals surface area contributed by atoms with Gasteiger partial charge in [-0.05, 0) is 25.0 Å². The fraction of sp³-hybridized carbons (Fsp3) is 0.429. The molecular weight excluding hydrogens is 230 g/mol. The molecule has 1 aromatic heterocycles. The highest BCUT2D eigenvalue weighted by molar-refractivity contribution is 5.82. The molecule has 96 valence electrons. The number of piperidine rings is 1. The molecule has 1 saturated heterocycles. The Morgan fingerprint density at radius 1 is 1.28 bits per heavy atom. The van der Waals surface area contributed by atoms with E-state index in [0.29, 0.717) is 0 Å². The van der Waals surface area contributed by atoms with Crippen molar-refractivity contribution in [2.24, 2.45) is 0 Å². The van der Waals surface area contributed by atoms with E-state index in [2.05, 4.69) is 4.90 Å². The minimum atomic E-state index is -0.140. The van der Waals surface area contributed by atoms with Crippen LogP contribution in [0.15, 0.2) is 28.9 Å². The summed E-state index contributed by atoms with van der Waals surface area (Å²) in [6.07, 6.45) is 3.31. The predicted octanol–water partition coefficient (Wildman–Crippen LogP) is 2.10.